The van der Waals surface area contributed by atoms with E-state index >= 15 is 0 Å². The van der Waals surface area contributed by atoms with Crippen molar-refractivity contribution in [2.45, 2.75) is 19.2 Å². The molecule has 0 radical (unpaired) electrons. The number of hydrogen-bond acceptors (Lipinski definition) is 8. The summed E-state index contributed by atoms with van der Waals surface area (Å²) in [6.45, 7) is 3.21. The van der Waals surface area contributed by atoms with Crippen LogP contribution in [0, 0.1) is 0 Å². The molecule has 2 aliphatic heterocycles. The number of carbonyl (C=O) groups is 2. The summed E-state index contributed by atoms with van der Waals surface area (Å²) in [4.78, 5) is 35.9. The molecule has 9 nitrogen and oxygen atoms in total. The summed E-state index contributed by atoms with van der Waals surface area (Å²) in [6.07, 6.45) is 2.42. The topological polar surface area (TPSA) is 127 Å². The van der Waals surface area contributed by atoms with Gasteiger partial charge in [0, 0.05) is 0 Å². The summed E-state index contributed by atoms with van der Waals surface area (Å²) < 4.78 is 15.5. The highest BCUT2D eigenvalue weighted by Gasteiger charge is 2.55. The number of hydrogen-bond donors (Lipinski definition) is 3. The van der Waals surface area contributed by atoms with Gasteiger partial charge in [-0.2, -0.15) is 13.9 Å². The number of carbonyl (C=O) groups excluding carboxylic acids is 2. The molecule has 1 unspecified atom stereocenters. The molecule has 10 heteroatoms. The van der Waals surface area contributed by atoms with Crippen LogP contribution in [0.25, 0.3) is 0 Å². The zero-order valence-corrected chi connectivity index (χ0v) is 16.7. The van der Waals surface area contributed by atoms with Crippen LogP contribution in [0.15, 0.2) is 42.6 Å². The normalized spacial score (nSPS) is 17.8. The number of benzene rings is 1. The molecule has 0 spiro atoms. The Bertz CT molecular complexity index is 836. The highest BCUT2D eigenvalue weighted by atomic mass is 31.2. The Kier molecular flexibility index (Phi) is 6.89. The van der Waals surface area contributed by atoms with E-state index in [9.17, 15) is 19.6 Å². The molecular weight excluding hydrogens is 399 g/mol. The summed E-state index contributed by atoms with van der Waals surface area (Å²) in [5, 5.41) is 12.2. The molecule has 1 aromatic carbocycles. The van der Waals surface area contributed by atoms with E-state index in [0.717, 1.165) is 6.42 Å². The van der Waals surface area contributed by atoms with Gasteiger partial charge in [0.2, 0.25) is 0 Å². The van der Waals surface area contributed by atoms with Crippen LogP contribution in [0.2, 0.25) is 0 Å². The lowest BCUT2D eigenvalue weighted by Gasteiger charge is -2.15. The van der Waals surface area contributed by atoms with Gasteiger partial charge in [-0.05, 0) is 30.7 Å². The van der Waals surface area contributed by atoms with E-state index in [-0.39, 0.29) is 11.8 Å². The van der Waals surface area contributed by atoms with Crippen molar-refractivity contribution in [3.63, 3.8) is 0 Å². The number of nitrogens with one attached hydrogen (secondary N) is 1. The largest absolute Gasteiger partial charge is 0.492 e. The number of imide groups is 1. The molecule has 0 bridgehead atoms. The van der Waals surface area contributed by atoms with Gasteiger partial charge < -0.3 is 9.84 Å². The van der Waals surface area contributed by atoms with Gasteiger partial charge in [0.15, 0.2) is 0 Å². The zero-order valence-electron chi connectivity index (χ0n) is 15.8. The first-order valence-electron chi connectivity index (χ1n) is 9.06. The number of aliphatic hydroxyl groups is 1. The molecular formula is C19H22N2O7P+. The summed E-state index contributed by atoms with van der Waals surface area (Å²) >= 11 is 0. The molecule has 29 heavy (non-hydrogen) atoms. The van der Waals surface area contributed by atoms with Gasteiger partial charge >= 0.3 is 7.94 Å². The third-order valence-corrected chi connectivity index (χ3v) is 6.07. The van der Waals surface area contributed by atoms with Crippen LogP contribution in [-0.4, -0.2) is 46.6 Å². The molecule has 0 aliphatic carbocycles. The van der Waals surface area contributed by atoms with Crippen molar-refractivity contribution < 1.29 is 33.4 Å². The maximum absolute atomic E-state index is 10.9. The van der Waals surface area contributed by atoms with Gasteiger partial charge in [-0.25, -0.2) is 0 Å². The van der Waals surface area contributed by atoms with E-state index in [1.165, 1.54) is 6.20 Å². The zero-order chi connectivity index (χ0) is 20.9. The first kappa shape index (κ1) is 21.3. The van der Waals surface area contributed by atoms with Gasteiger partial charge in [-0.15, -0.1) is 0 Å². The van der Waals surface area contributed by atoms with Crippen molar-refractivity contribution in [3.8, 4) is 5.75 Å². The quantitative estimate of drug-likeness (QED) is 0.496. The van der Waals surface area contributed by atoms with E-state index in [1.54, 1.807) is 36.4 Å². The third kappa shape index (κ3) is 4.95. The van der Waals surface area contributed by atoms with Crippen molar-refractivity contribution in [2.75, 3.05) is 19.8 Å². The Hall–Kier alpha value is -2.42. The summed E-state index contributed by atoms with van der Waals surface area (Å²) in [7, 11) is -3.22. The number of rotatable bonds is 5. The maximum atomic E-state index is 10.9. The number of pyridine rings is 1. The lowest BCUT2D eigenvalue weighted by Crippen LogP contribution is -2.19. The fourth-order valence-corrected chi connectivity index (χ4v) is 4.16. The minimum atomic E-state index is -3.22. The molecule has 2 aromatic rings. The van der Waals surface area contributed by atoms with E-state index in [1.807, 2.05) is 6.92 Å². The first-order valence-corrected chi connectivity index (χ1v) is 10.7. The Morgan fingerprint density at radius 3 is 2.28 bits per heavy atom. The molecule has 1 fully saturated rings. The van der Waals surface area contributed by atoms with Gasteiger partial charge in [-0.1, -0.05) is 19.1 Å². The monoisotopic (exact) mass is 421 g/mol. The number of amides is 2. The Morgan fingerprint density at radius 1 is 1.14 bits per heavy atom. The fraction of sp³-hybridized carbons (Fsp3) is 0.316. The van der Waals surface area contributed by atoms with E-state index in [4.69, 9.17) is 13.8 Å². The van der Waals surface area contributed by atoms with Crippen LogP contribution in [0.5, 0.6) is 5.75 Å². The summed E-state index contributed by atoms with van der Waals surface area (Å²) in [5.41, 5.74) is 1.26. The predicted octanol–water partition coefficient (Wildman–Crippen LogP) is 2.23. The van der Waals surface area contributed by atoms with Crippen molar-refractivity contribution in [1.29, 1.82) is 0 Å². The molecule has 2 aliphatic rings. The second kappa shape index (κ2) is 9.39. The van der Waals surface area contributed by atoms with Crippen molar-refractivity contribution in [2.24, 2.45) is 0 Å². The van der Waals surface area contributed by atoms with E-state index in [0.29, 0.717) is 42.4 Å². The van der Waals surface area contributed by atoms with Gasteiger partial charge in [0.1, 0.15) is 24.7 Å². The smallest absolute Gasteiger partial charge is 0.446 e. The number of aromatic nitrogens is 1. The molecule has 0 saturated carbocycles. The molecule has 3 N–H and O–H groups in total. The number of aliphatic hydroxyl groups excluding tert-OH is 1. The van der Waals surface area contributed by atoms with Gasteiger partial charge in [-0.3, -0.25) is 19.9 Å². The van der Waals surface area contributed by atoms with Crippen LogP contribution >= 0.6 is 7.94 Å². The highest BCUT2D eigenvalue weighted by molar-refractivity contribution is 7.60. The third-order valence-electron chi connectivity index (χ3n) is 4.08. The minimum Gasteiger partial charge on any atom is -0.492 e. The lowest BCUT2D eigenvalue weighted by molar-refractivity contribution is 0.0879. The molecule has 1 saturated heterocycles. The molecule has 1 aromatic heterocycles. The molecule has 3 heterocycles. The Labute approximate surface area is 168 Å². The molecule has 154 valence electrons. The first-order chi connectivity index (χ1) is 13.9. The summed E-state index contributed by atoms with van der Waals surface area (Å²) in [5.74, 6) is -1.21. The molecule has 2 amide bonds. The van der Waals surface area contributed by atoms with Crippen LogP contribution in [0.4, 0.5) is 0 Å². The predicted molar refractivity (Wildman–Crippen MR) is 104 cm³/mol. The van der Waals surface area contributed by atoms with Crippen LogP contribution in [0.1, 0.15) is 45.6 Å². The Balaban J connectivity index is 0.000000186. The highest BCUT2D eigenvalue weighted by Crippen LogP contribution is 2.69. The minimum absolute atomic E-state index is 0.291. The van der Waals surface area contributed by atoms with E-state index in [2.05, 4.69) is 10.3 Å². The summed E-state index contributed by atoms with van der Waals surface area (Å²) in [6, 6.07) is 10.0. The lowest BCUT2D eigenvalue weighted by atomic mass is 10.1. The molecule has 1 atom stereocenters. The standard InChI is InChI=1S/C11H17NO5P.C8H5NO2/c1-2-5-15-9-3-4-10(12-8-9)11(13)18(14)16-6-7-17-18;10-7-5-3-1-2-4-6(5)8(11)9-7/h3-4,8,11,13-14H,2,5-7H2,1H3;1-4H,(H,9,10,11)/q+1;. The second-order valence-corrected chi connectivity index (χ2v) is 8.33. The number of fused-ring (bicyclic) bond motifs is 1. The van der Waals surface area contributed by atoms with Crippen LogP contribution in [-0.2, 0) is 9.05 Å². The van der Waals surface area contributed by atoms with Crippen LogP contribution in [0.3, 0.4) is 0 Å². The number of ether oxygens (including phenoxy) is 1. The maximum Gasteiger partial charge on any atom is 0.446 e. The number of nitrogens with zero attached hydrogens (tertiary/aromatic N) is 1. The van der Waals surface area contributed by atoms with Crippen molar-refractivity contribution in [3.05, 3.63) is 59.4 Å². The molecule has 4 rings (SSSR count). The fourth-order valence-electron chi connectivity index (χ4n) is 2.65. The average molecular weight is 421 g/mol. The Morgan fingerprint density at radius 2 is 1.76 bits per heavy atom. The average Bonchev–Trinajstić information content (AvgIpc) is 3.31. The van der Waals surface area contributed by atoms with E-state index < -0.39 is 13.8 Å². The van der Waals surface area contributed by atoms with Crippen molar-refractivity contribution >= 4 is 19.8 Å². The van der Waals surface area contributed by atoms with Crippen LogP contribution < -0.4 is 10.1 Å². The van der Waals surface area contributed by atoms with Crippen molar-refractivity contribution in [1.82, 2.24) is 10.3 Å². The van der Waals surface area contributed by atoms with Gasteiger partial charge in [0.25, 0.3) is 17.7 Å². The van der Waals surface area contributed by atoms with Gasteiger partial charge in [0.05, 0.1) is 23.9 Å². The second-order valence-electron chi connectivity index (χ2n) is 6.20. The SMILES string of the molecule is CCCOc1ccc(C(O)[P+]2(O)OCCO2)nc1.O=C1NC(=O)c2ccccc21.